The molecule has 0 bridgehead atoms. The highest BCUT2D eigenvalue weighted by Crippen LogP contribution is 2.19. The molecule has 3 rings (SSSR count). The van der Waals surface area contributed by atoms with Crippen LogP contribution in [0.5, 0.6) is 0 Å². The van der Waals surface area contributed by atoms with Crippen molar-refractivity contribution in [2.24, 2.45) is 0 Å². The summed E-state index contributed by atoms with van der Waals surface area (Å²) in [7, 11) is 0. The van der Waals surface area contributed by atoms with E-state index in [0.29, 0.717) is 12.2 Å². The fourth-order valence-electron chi connectivity index (χ4n) is 2.77. The van der Waals surface area contributed by atoms with Gasteiger partial charge in [-0.1, -0.05) is 23.4 Å². The standard InChI is InChI=1S/C17H23N5O2/c1-13-4-3-5-14(2)16(13)18-17(23)15-12-22(20-19-15)7-6-21-8-10-24-11-9-21/h3-5,12H,6-11H2,1-2H3,(H,18,23). The van der Waals surface area contributed by atoms with Gasteiger partial charge in [0.15, 0.2) is 5.69 Å². The molecule has 128 valence electrons. The van der Waals surface area contributed by atoms with Gasteiger partial charge in [0.2, 0.25) is 0 Å². The number of benzene rings is 1. The number of aromatic nitrogens is 3. The fourth-order valence-corrected chi connectivity index (χ4v) is 2.77. The molecule has 1 fully saturated rings. The molecule has 0 atom stereocenters. The zero-order valence-electron chi connectivity index (χ0n) is 14.2. The summed E-state index contributed by atoms with van der Waals surface area (Å²) in [6.45, 7) is 8.97. The van der Waals surface area contributed by atoms with Crippen molar-refractivity contribution in [3.63, 3.8) is 0 Å². The Labute approximate surface area is 141 Å². The van der Waals surface area contributed by atoms with Gasteiger partial charge in [0.1, 0.15) is 0 Å². The lowest BCUT2D eigenvalue weighted by Crippen LogP contribution is -2.38. The van der Waals surface area contributed by atoms with E-state index in [4.69, 9.17) is 4.74 Å². The number of hydrogen-bond donors (Lipinski definition) is 1. The van der Waals surface area contributed by atoms with Gasteiger partial charge in [-0.2, -0.15) is 0 Å². The van der Waals surface area contributed by atoms with Gasteiger partial charge >= 0.3 is 0 Å². The highest BCUT2D eigenvalue weighted by Gasteiger charge is 2.14. The molecule has 1 aliphatic heterocycles. The monoisotopic (exact) mass is 329 g/mol. The van der Waals surface area contributed by atoms with E-state index in [-0.39, 0.29) is 5.91 Å². The molecule has 1 amide bonds. The van der Waals surface area contributed by atoms with Gasteiger partial charge in [0.05, 0.1) is 26.0 Å². The average Bonchev–Trinajstić information content (AvgIpc) is 3.06. The number of hydrogen-bond acceptors (Lipinski definition) is 5. The van der Waals surface area contributed by atoms with Gasteiger partial charge in [0.25, 0.3) is 5.91 Å². The number of anilines is 1. The van der Waals surface area contributed by atoms with Crippen molar-refractivity contribution in [1.82, 2.24) is 19.9 Å². The van der Waals surface area contributed by atoms with E-state index in [1.54, 1.807) is 10.9 Å². The number of morpholine rings is 1. The third-order valence-electron chi connectivity index (χ3n) is 4.24. The first-order valence-electron chi connectivity index (χ1n) is 8.21. The van der Waals surface area contributed by atoms with E-state index in [1.165, 1.54) is 0 Å². The Morgan fingerprint density at radius 1 is 1.21 bits per heavy atom. The molecular formula is C17H23N5O2. The second kappa shape index (κ2) is 7.55. The van der Waals surface area contributed by atoms with Gasteiger partial charge in [-0.15, -0.1) is 5.10 Å². The van der Waals surface area contributed by atoms with E-state index in [2.05, 4.69) is 20.5 Å². The Morgan fingerprint density at radius 2 is 1.92 bits per heavy atom. The summed E-state index contributed by atoms with van der Waals surface area (Å²) < 4.78 is 7.05. The Kier molecular flexibility index (Phi) is 5.22. The van der Waals surface area contributed by atoms with Crippen LogP contribution in [0.4, 0.5) is 5.69 Å². The highest BCUT2D eigenvalue weighted by molar-refractivity contribution is 6.03. The highest BCUT2D eigenvalue weighted by atomic mass is 16.5. The largest absolute Gasteiger partial charge is 0.379 e. The Morgan fingerprint density at radius 3 is 2.62 bits per heavy atom. The number of aryl methyl sites for hydroxylation is 2. The zero-order valence-corrected chi connectivity index (χ0v) is 14.2. The number of carbonyl (C=O) groups is 1. The first kappa shape index (κ1) is 16.6. The Balaban J connectivity index is 1.59. The van der Waals surface area contributed by atoms with Crippen LogP contribution in [0.1, 0.15) is 21.6 Å². The molecule has 0 aliphatic carbocycles. The van der Waals surface area contributed by atoms with Gasteiger partial charge in [-0.3, -0.25) is 14.4 Å². The maximum Gasteiger partial charge on any atom is 0.277 e. The molecule has 24 heavy (non-hydrogen) atoms. The van der Waals surface area contributed by atoms with Crippen LogP contribution in [0.15, 0.2) is 24.4 Å². The molecular weight excluding hydrogens is 306 g/mol. The lowest BCUT2D eigenvalue weighted by molar-refractivity contribution is 0.0359. The summed E-state index contributed by atoms with van der Waals surface area (Å²) >= 11 is 0. The summed E-state index contributed by atoms with van der Waals surface area (Å²) in [5, 5.41) is 11.0. The number of amides is 1. The second-order valence-electron chi connectivity index (χ2n) is 6.04. The molecule has 0 radical (unpaired) electrons. The molecule has 1 aliphatic rings. The number of nitrogens with one attached hydrogen (secondary N) is 1. The minimum absolute atomic E-state index is 0.231. The van der Waals surface area contributed by atoms with Crippen molar-refractivity contribution in [3.8, 4) is 0 Å². The van der Waals surface area contributed by atoms with Crippen molar-refractivity contribution in [1.29, 1.82) is 0 Å². The molecule has 0 spiro atoms. The summed E-state index contributed by atoms with van der Waals surface area (Å²) in [4.78, 5) is 14.7. The normalized spacial score (nSPS) is 15.4. The molecule has 0 unspecified atom stereocenters. The van der Waals surface area contributed by atoms with Gasteiger partial charge in [-0.25, -0.2) is 0 Å². The van der Waals surface area contributed by atoms with E-state index in [0.717, 1.165) is 49.7 Å². The van der Waals surface area contributed by atoms with E-state index < -0.39 is 0 Å². The second-order valence-corrected chi connectivity index (χ2v) is 6.04. The van der Waals surface area contributed by atoms with E-state index in [1.807, 2.05) is 32.0 Å². The minimum atomic E-state index is -0.231. The first-order chi connectivity index (χ1) is 11.6. The third-order valence-corrected chi connectivity index (χ3v) is 4.24. The number of nitrogens with zero attached hydrogens (tertiary/aromatic N) is 4. The van der Waals surface area contributed by atoms with Crippen molar-refractivity contribution in [2.45, 2.75) is 20.4 Å². The van der Waals surface area contributed by atoms with Crippen molar-refractivity contribution < 1.29 is 9.53 Å². The number of carbonyl (C=O) groups excluding carboxylic acids is 1. The zero-order chi connectivity index (χ0) is 16.9. The average molecular weight is 329 g/mol. The SMILES string of the molecule is Cc1cccc(C)c1NC(=O)c1cn(CCN2CCOCC2)nn1. The molecule has 1 aromatic carbocycles. The molecule has 1 saturated heterocycles. The van der Waals surface area contributed by atoms with E-state index in [9.17, 15) is 4.79 Å². The topological polar surface area (TPSA) is 72.3 Å². The maximum absolute atomic E-state index is 12.4. The first-order valence-corrected chi connectivity index (χ1v) is 8.21. The number of rotatable bonds is 5. The van der Waals surface area contributed by atoms with Crippen LogP contribution in [-0.2, 0) is 11.3 Å². The fraction of sp³-hybridized carbons (Fsp3) is 0.471. The van der Waals surface area contributed by atoms with Crippen LogP contribution in [0, 0.1) is 13.8 Å². The summed E-state index contributed by atoms with van der Waals surface area (Å²) in [5.41, 5.74) is 3.23. The predicted molar refractivity (Wildman–Crippen MR) is 91.2 cm³/mol. The number of para-hydroxylation sites is 1. The molecule has 0 saturated carbocycles. The lowest BCUT2D eigenvalue weighted by atomic mass is 10.1. The quantitative estimate of drug-likeness (QED) is 0.899. The molecule has 1 N–H and O–H groups in total. The van der Waals surface area contributed by atoms with E-state index >= 15 is 0 Å². The summed E-state index contributed by atoms with van der Waals surface area (Å²) in [5.74, 6) is -0.231. The van der Waals surface area contributed by atoms with Crippen molar-refractivity contribution in [2.75, 3.05) is 38.2 Å². The molecule has 7 nitrogen and oxygen atoms in total. The van der Waals surface area contributed by atoms with Crippen LogP contribution in [0.2, 0.25) is 0 Å². The molecule has 2 heterocycles. The van der Waals surface area contributed by atoms with Crippen LogP contribution in [-0.4, -0.2) is 58.6 Å². The third kappa shape index (κ3) is 3.98. The molecule has 2 aromatic rings. The predicted octanol–water partition coefficient (Wildman–Crippen LogP) is 1.48. The lowest BCUT2D eigenvalue weighted by Gasteiger charge is -2.26. The van der Waals surface area contributed by atoms with Crippen LogP contribution in [0.25, 0.3) is 0 Å². The summed E-state index contributed by atoms with van der Waals surface area (Å²) in [6.07, 6.45) is 1.70. The van der Waals surface area contributed by atoms with Gasteiger partial charge in [0, 0.05) is 25.3 Å². The van der Waals surface area contributed by atoms with Gasteiger partial charge in [-0.05, 0) is 25.0 Å². The Bertz CT molecular complexity index is 687. The van der Waals surface area contributed by atoms with Crippen molar-refractivity contribution >= 4 is 11.6 Å². The van der Waals surface area contributed by atoms with Gasteiger partial charge < -0.3 is 10.1 Å². The smallest absolute Gasteiger partial charge is 0.277 e. The van der Waals surface area contributed by atoms with Crippen LogP contribution >= 0.6 is 0 Å². The molecule has 1 aromatic heterocycles. The maximum atomic E-state index is 12.4. The number of ether oxygens (including phenoxy) is 1. The van der Waals surface area contributed by atoms with Crippen molar-refractivity contribution in [3.05, 3.63) is 41.2 Å². The van der Waals surface area contributed by atoms with Crippen LogP contribution < -0.4 is 5.32 Å². The minimum Gasteiger partial charge on any atom is -0.379 e. The van der Waals surface area contributed by atoms with Crippen LogP contribution in [0.3, 0.4) is 0 Å². The Hall–Kier alpha value is -2.25. The summed E-state index contributed by atoms with van der Waals surface area (Å²) in [6, 6.07) is 5.92. The molecule has 7 heteroatoms.